The molecule has 2 aromatic rings. The van der Waals surface area contributed by atoms with Gasteiger partial charge in [0.15, 0.2) is 9.84 Å². The Kier molecular flexibility index (Phi) is 6.11. The first-order valence-electron chi connectivity index (χ1n) is 9.64. The van der Waals surface area contributed by atoms with Gasteiger partial charge in [-0.3, -0.25) is 0 Å². The van der Waals surface area contributed by atoms with E-state index < -0.39 is 9.84 Å². The lowest BCUT2D eigenvalue weighted by atomic mass is 9.54. The van der Waals surface area contributed by atoms with Gasteiger partial charge in [-0.1, -0.05) is 49.7 Å². The minimum atomic E-state index is -3.33. The predicted molar refractivity (Wildman–Crippen MR) is 128 cm³/mol. The van der Waals surface area contributed by atoms with Gasteiger partial charge in [-0.15, -0.1) is 0 Å². The third-order valence-corrected chi connectivity index (χ3v) is 7.86. The molecule has 1 N–H and O–H groups in total. The van der Waals surface area contributed by atoms with Crippen LogP contribution in [0.2, 0.25) is 16.4 Å². The Balaban J connectivity index is 1.85. The fourth-order valence-electron chi connectivity index (χ4n) is 3.52. The van der Waals surface area contributed by atoms with E-state index >= 15 is 0 Å². The van der Waals surface area contributed by atoms with Crippen LogP contribution >= 0.6 is 23.2 Å². The zero-order valence-corrected chi connectivity index (χ0v) is 20.2. The van der Waals surface area contributed by atoms with Crippen molar-refractivity contribution in [1.82, 2.24) is 0 Å². The molecular weight excluding hydrogens is 440 g/mol. The number of rotatable bonds is 5. The van der Waals surface area contributed by atoms with Crippen LogP contribution in [-0.2, 0) is 14.5 Å². The van der Waals surface area contributed by atoms with Crippen molar-refractivity contribution in [1.29, 1.82) is 0 Å². The molecule has 0 bridgehead atoms. The second-order valence-corrected chi connectivity index (χ2v) is 11.8. The molecule has 8 heteroatoms. The van der Waals surface area contributed by atoms with Crippen molar-refractivity contribution in [3.8, 4) is 0 Å². The summed E-state index contributed by atoms with van der Waals surface area (Å²) in [5.41, 5.74) is 2.66. The molecule has 1 aliphatic heterocycles. The van der Waals surface area contributed by atoms with Gasteiger partial charge in [-0.2, -0.15) is 0 Å². The molecule has 0 saturated carbocycles. The van der Waals surface area contributed by atoms with Crippen molar-refractivity contribution in [3.63, 3.8) is 0 Å². The summed E-state index contributed by atoms with van der Waals surface area (Å²) in [4.78, 5) is 0.168. The fraction of sp³-hybridized carbons (Fsp3) is 0.364. The fourth-order valence-corrected chi connectivity index (χ4v) is 4.77. The third kappa shape index (κ3) is 4.57. The number of halogens is 2. The zero-order valence-electron chi connectivity index (χ0n) is 17.8. The number of anilines is 1. The first-order valence-corrected chi connectivity index (χ1v) is 12.3. The van der Waals surface area contributed by atoms with Crippen LogP contribution in [0.5, 0.6) is 0 Å². The van der Waals surface area contributed by atoms with Crippen LogP contribution in [0.3, 0.4) is 0 Å². The average molecular weight is 466 g/mol. The van der Waals surface area contributed by atoms with Crippen LogP contribution in [0.1, 0.15) is 33.3 Å². The third-order valence-electron chi connectivity index (χ3n) is 6.09. The monoisotopic (exact) mass is 465 g/mol. The second kappa shape index (κ2) is 7.90. The summed E-state index contributed by atoms with van der Waals surface area (Å²) < 4.78 is 29.8. The van der Waals surface area contributed by atoms with Gasteiger partial charge in [-0.25, -0.2) is 8.42 Å². The maximum absolute atomic E-state index is 11.7. The summed E-state index contributed by atoms with van der Waals surface area (Å²) >= 11 is 12.8. The molecule has 0 unspecified atom stereocenters. The SMILES string of the molecule is C=C(Nc1ccc(Cl)c(B2CC(C)(C)C(C)(C)O2)c1)c1ccc(S(C)(=O)=O)cc1Cl. The Morgan fingerprint density at radius 1 is 1.10 bits per heavy atom. The minimum absolute atomic E-state index is 0.0168. The van der Waals surface area contributed by atoms with Crippen molar-refractivity contribution < 1.29 is 13.1 Å². The molecule has 1 aliphatic rings. The van der Waals surface area contributed by atoms with Gasteiger partial charge in [0.2, 0.25) is 0 Å². The maximum Gasteiger partial charge on any atom is 0.329 e. The van der Waals surface area contributed by atoms with Crippen LogP contribution in [0.4, 0.5) is 5.69 Å². The van der Waals surface area contributed by atoms with Gasteiger partial charge in [-0.05, 0) is 61.4 Å². The molecular formula is C22H26BCl2NO3S. The molecule has 0 aromatic heterocycles. The van der Waals surface area contributed by atoms with Gasteiger partial charge in [0.25, 0.3) is 0 Å². The Bertz CT molecular complexity index is 1100. The Hall–Kier alpha value is -1.47. The molecule has 3 rings (SSSR count). The lowest BCUT2D eigenvalue weighted by molar-refractivity contribution is 0.0375. The molecule has 4 nitrogen and oxygen atoms in total. The van der Waals surface area contributed by atoms with Crippen LogP contribution in [0, 0.1) is 5.41 Å². The van der Waals surface area contributed by atoms with E-state index in [9.17, 15) is 8.42 Å². The van der Waals surface area contributed by atoms with Gasteiger partial charge in [0.1, 0.15) is 0 Å². The predicted octanol–water partition coefficient (Wildman–Crippen LogP) is 5.51. The molecule has 1 fully saturated rings. The summed E-state index contributed by atoms with van der Waals surface area (Å²) in [5, 5.41) is 4.21. The smallest absolute Gasteiger partial charge is 0.329 e. The summed E-state index contributed by atoms with van der Waals surface area (Å²) in [6, 6.07) is 10.3. The van der Waals surface area contributed by atoms with Crippen molar-refractivity contribution in [3.05, 3.63) is 58.6 Å². The summed E-state index contributed by atoms with van der Waals surface area (Å²) in [5.74, 6) is 0. The molecule has 1 saturated heterocycles. The first kappa shape index (κ1) is 23.2. The van der Waals surface area contributed by atoms with Gasteiger partial charge in [0, 0.05) is 28.2 Å². The Labute approximate surface area is 189 Å². The molecule has 1 heterocycles. The molecule has 0 spiro atoms. The van der Waals surface area contributed by atoms with E-state index in [1.165, 1.54) is 12.1 Å². The summed E-state index contributed by atoms with van der Waals surface area (Å²) in [7, 11) is -3.33. The zero-order chi connectivity index (χ0) is 22.5. The normalized spacial score (nSPS) is 17.8. The highest BCUT2D eigenvalue weighted by molar-refractivity contribution is 7.90. The van der Waals surface area contributed by atoms with E-state index in [-0.39, 0.29) is 22.8 Å². The quantitative estimate of drug-likeness (QED) is 0.591. The lowest BCUT2D eigenvalue weighted by Gasteiger charge is -2.34. The van der Waals surface area contributed by atoms with Crippen molar-refractivity contribution >= 4 is 56.8 Å². The number of hydrogen-bond donors (Lipinski definition) is 1. The Morgan fingerprint density at radius 2 is 1.77 bits per heavy atom. The van der Waals surface area contributed by atoms with E-state index in [4.69, 9.17) is 27.9 Å². The highest BCUT2D eigenvalue weighted by Crippen LogP contribution is 2.45. The molecule has 0 radical (unpaired) electrons. The molecule has 0 amide bonds. The summed E-state index contributed by atoms with van der Waals surface area (Å²) in [6.45, 7) is 12.6. The van der Waals surface area contributed by atoms with Gasteiger partial charge >= 0.3 is 6.92 Å². The minimum Gasteiger partial charge on any atom is -0.425 e. The maximum atomic E-state index is 11.7. The van der Waals surface area contributed by atoms with Crippen molar-refractivity contribution in [2.75, 3.05) is 11.6 Å². The molecule has 2 aromatic carbocycles. The molecule has 0 atom stereocenters. The average Bonchev–Trinajstić information content (AvgIpc) is 2.83. The number of sulfone groups is 1. The van der Waals surface area contributed by atoms with Crippen LogP contribution in [0.15, 0.2) is 47.9 Å². The highest BCUT2D eigenvalue weighted by atomic mass is 35.5. The number of benzene rings is 2. The van der Waals surface area contributed by atoms with E-state index in [1.807, 2.05) is 18.2 Å². The number of nitrogens with one attached hydrogen (secondary N) is 1. The van der Waals surface area contributed by atoms with Crippen LogP contribution in [0.25, 0.3) is 5.70 Å². The molecule has 0 aliphatic carbocycles. The van der Waals surface area contributed by atoms with E-state index in [0.717, 1.165) is 23.7 Å². The first-order chi connectivity index (χ1) is 13.7. The number of hydrogen-bond acceptors (Lipinski definition) is 4. The lowest BCUT2D eigenvalue weighted by Crippen LogP contribution is -2.36. The van der Waals surface area contributed by atoms with Gasteiger partial charge < -0.3 is 9.97 Å². The van der Waals surface area contributed by atoms with Crippen molar-refractivity contribution in [2.45, 2.75) is 44.5 Å². The van der Waals surface area contributed by atoms with Crippen molar-refractivity contribution in [2.24, 2.45) is 5.41 Å². The largest absolute Gasteiger partial charge is 0.425 e. The highest BCUT2D eigenvalue weighted by Gasteiger charge is 2.50. The topological polar surface area (TPSA) is 55.4 Å². The van der Waals surface area contributed by atoms with E-state index in [2.05, 4.69) is 39.6 Å². The van der Waals surface area contributed by atoms with E-state index in [1.54, 1.807) is 6.07 Å². The standard InChI is InChI=1S/C22H26BCl2NO3S/c1-14(17-9-8-16(12-20(17)25)30(6,27)28)26-15-7-10-19(24)18(11-15)23-13-21(2,3)22(4,5)29-23/h7-12,26H,1,13H2,2-6H3. The summed E-state index contributed by atoms with van der Waals surface area (Å²) in [6.07, 6.45) is 2.01. The van der Waals surface area contributed by atoms with Gasteiger partial charge in [0.05, 0.1) is 15.5 Å². The van der Waals surface area contributed by atoms with Crippen LogP contribution < -0.4 is 10.8 Å². The second-order valence-electron chi connectivity index (χ2n) is 8.96. The van der Waals surface area contributed by atoms with E-state index in [0.29, 0.717) is 21.3 Å². The Morgan fingerprint density at radius 3 is 2.30 bits per heavy atom. The van der Waals surface area contributed by atoms with Crippen LogP contribution in [-0.4, -0.2) is 27.2 Å². The molecule has 30 heavy (non-hydrogen) atoms. The molecule has 160 valence electrons.